The molecule has 2 fully saturated rings. The Kier molecular flexibility index (Phi) is 6.06. The van der Waals surface area contributed by atoms with Gasteiger partial charge in [-0.3, -0.25) is 9.59 Å². The van der Waals surface area contributed by atoms with Crippen LogP contribution in [0.5, 0.6) is 0 Å². The molecule has 2 saturated heterocycles. The fourth-order valence-corrected chi connectivity index (χ4v) is 5.36. The second-order valence-corrected chi connectivity index (χ2v) is 9.54. The topological polar surface area (TPSA) is 69.4 Å². The van der Waals surface area contributed by atoms with Gasteiger partial charge in [0, 0.05) is 63.1 Å². The summed E-state index contributed by atoms with van der Waals surface area (Å²) < 4.78 is 9.35. The number of fused-ring (bicyclic) bond motifs is 1. The van der Waals surface area contributed by atoms with E-state index in [0.29, 0.717) is 30.6 Å². The van der Waals surface area contributed by atoms with Crippen LogP contribution in [0.4, 0.5) is 0 Å². The summed E-state index contributed by atoms with van der Waals surface area (Å²) in [6.45, 7) is 5.67. The van der Waals surface area contributed by atoms with Gasteiger partial charge in [-0.05, 0) is 56.7 Å². The van der Waals surface area contributed by atoms with E-state index in [1.54, 1.807) is 11.6 Å². The molecule has 0 spiro atoms. The highest BCUT2D eigenvalue weighted by Crippen LogP contribution is 2.29. The van der Waals surface area contributed by atoms with Crippen LogP contribution in [-0.2, 0) is 23.1 Å². The van der Waals surface area contributed by atoms with Gasteiger partial charge in [0.15, 0.2) is 0 Å². The van der Waals surface area contributed by atoms with Gasteiger partial charge in [-0.15, -0.1) is 0 Å². The van der Waals surface area contributed by atoms with Crippen LogP contribution in [0.1, 0.15) is 31.2 Å². The molecule has 5 rings (SSSR count). The van der Waals surface area contributed by atoms with Gasteiger partial charge < -0.3 is 18.8 Å². The number of carbonyl (C=O) groups excluding carboxylic acids is 1. The molecule has 0 unspecified atom stereocenters. The molecule has 0 aliphatic carbocycles. The molecule has 2 aliphatic rings. The van der Waals surface area contributed by atoms with Crippen molar-refractivity contribution in [1.82, 2.24) is 19.0 Å². The van der Waals surface area contributed by atoms with Crippen LogP contribution < -0.4 is 5.56 Å². The molecule has 1 amide bonds. The van der Waals surface area contributed by atoms with Crippen molar-refractivity contribution in [3.63, 3.8) is 0 Å². The lowest BCUT2D eigenvalue weighted by Gasteiger charge is -2.36. The van der Waals surface area contributed by atoms with E-state index in [4.69, 9.17) is 9.72 Å². The first-order valence-corrected chi connectivity index (χ1v) is 12.0. The summed E-state index contributed by atoms with van der Waals surface area (Å²) >= 11 is 0. The maximum absolute atomic E-state index is 13.1. The zero-order chi connectivity index (χ0) is 22.9. The van der Waals surface area contributed by atoms with E-state index in [1.807, 2.05) is 37.4 Å². The number of likely N-dealkylation sites (tertiary alicyclic amines) is 1. The van der Waals surface area contributed by atoms with Gasteiger partial charge in [-0.1, -0.05) is 12.1 Å². The molecule has 1 atom stereocenters. The first-order chi connectivity index (χ1) is 16.0. The standard InChI is InChI=1S/C26H32N4O3/c1-18-14-21(17-28(2)25(18)31)24-27-22-7-3-4-8-23(22)30(24)16-19-6-5-11-29(15-19)26(32)20-9-12-33-13-10-20/h3-4,7-8,14,17,19-20H,5-6,9-13,15-16H2,1-2H3/t19-/m1/s1. The summed E-state index contributed by atoms with van der Waals surface area (Å²) in [6.07, 6.45) is 5.66. The largest absolute Gasteiger partial charge is 0.381 e. The van der Waals surface area contributed by atoms with E-state index in [1.165, 1.54) is 0 Å². The molecule has 2 aliphatic heterocycles. The highest BCUT2D eigenvalue weighted by Gasteiger charge is 2.30. The van der Waals surface area contributed by atoms with Gasteiger partial charge in [-0.25, -0.2) is 4.98 Å². The maximum Gasteiger partial charge on any atom is 0.253 e. The van der Waals surface area contributed by atoms with Crippen molar-refractivity contribution in [2.75, 3.05) is 26.3 Å². The molecule has 7 heteroatoms. The minimum atomic E-state index is 0.0101. The third-order valence-electron chi connectivity index (χ3n) is 7.12. The Morgan fingerprint density at radius 2 is 1.97 bits per heavy atom. The highest BCUT2D eigenvalue weighted by atomic mass is 16.5. The first-order valence-electron chi connectivity index (χ1n) is 12.0. The van der Waals surface area contributed by atoms with Crippen molar-refractivity contribution in [1.29, 1.82) is 0 Å². The van der Waals surface area contributed by atoms with Crippen LogP contribution >= 0.6 is 0 Å². The minimum absolute atomic E-state index is 0.0101. The number of rotatable bonds is 4. The van der Waals surface area contributed by atoms with Crippen molar-refractivity contribution < 1.29 is 9.53 Å². The number of carbonyl (C=O) groups is 1. The zero-order valence-electron chi connectivity index (χ0n) is 19.5. The third kappa shape index (κ3) is 4.34. The van der Waals surface area contributed by atoms with Crippen molar-refractivity contribution in [2.45, 2.75) is 39.2 Å². The number of pyridine rings is 1. The van der Waals surface area contributed by atoms with Crippen molar-refractivity contribution in [2.24, 2.45) is 18.9 Å². The number of hydrogen-bond acceptors (Lipinski definition) is 4. The summed E-state index contributed by atoms with van der Waals surface area (Å²) in [6, 6.07) is 10.1. The van der Waals surface area contributed by atoms with E-state index in [9.17, 15) is 9.59 Å². The van der Waals surface area contributed by atoms with E-state index in [0.717, 1.165) is 67.7 Å². The zero-order valence-corrected chi connectivity index (χ0v) is 19.5. The Morgan fingerprint density at radius 1 is 1.18 bits per heavy atom. The van der Waals surface area contributed by atoms with E-state index >= 15 is 0 Å². The smallest absolute Gasteiger partial charge is 0.253 e. The summed E-state index contributed by atoms with van der Waals surface area (Å²) in [7, 11) is 1.78. The molecule has 2 aromatic heterocycles. The van der Waals surface area contributed by atoms with Crippen LogP contribution in [-0.4, -0.2) is 51.2 Å². The number of imidazole rings is 1. The lowest BCUT2D eigenvalue weighted by atomic mass is 9.93. The van der Waals surface area contributed by atoms with Crippen LogP contribution in [0.15, 0.2) is 41.3 Å². The number of para-hydroxylation sites is 2. The first kappa shape index (κ1) is 21.9. The van der Waals surface area contributed by atoms with E-state index in [-0.39, 0.29) is 11.5 Å². The average Bonchev–Trinajstić information content (AvgIpc) is 3.21. The molecule has 0 bridgehead atoms. The normalized spacial score (nSPS) is 19.8. The molecule has 0 saturated carbocycles. The average molecular weight is 449 g/mol. The number of piperidine rings is 1. The third-order valence-corrected chi connectivity index (χ3v) is 7.12. The predicted molar refractivity (Wildman–Crippen MR) is 128 cm³/mol. The van der Waals surface area contributed by atoms with Crippen molar-refractivity contribution in [3.05, 3.63) is 52.4 Å². The number of nitrogens with zero attached hydrogens (tertiary/aromatic N) is 4. The second kappa shape index (κ2) is 9.14. The molecule has 4 heterocycles. The Balaban J connectivity index is 1.44. The van der Waals surface area contributed by atoms with Crippen LogP contribution in [0.25, 0.3) is 22.4 Å². The molecule has 0 radical (unpaired) electrons. The number of hydrogen-bond donors (Lipinski definition) is 0. The molecule has 33 heavy (non-hydrogen) atoms. The van der Waals surface area contributed by atoms with Gasteiger partial charge in [0.2, 0.25) is 5.91 Å². The Bertz CT molecular complexity index is 1200. The quantitative estimate of drug-likeness (QED) is 0.614. The fraction of sp³-hybridized carbons (Fsp3) is 0.500. The lowest BCUT2D eigenvalue weighted by molar-refractivity contribution is -0.140. The van der Waals surface area contributed by atoms with Gasteiger partial charge in [0.05, 0.1) is 11.0 Å². The second-order valence-electron chi connectivity index (χ2n) is 9.54. The van der Waals surface area contributed by atoms with E-state index < -0.39 is 0 Å². The number of benzene rings is 1. The monoisotopic (exact) mass is 448 g/mol. The predicted octanol–water partition coefficient (Wildman–Crippen LogP) is 3.38. The summed E-state index contributed by atoms with van der Waals surface area (Å²) in [5.41, 5.74) is 3.70. The molecule has 7 nitrogen and oxygen atoms in total. The fourth-order valence-electron chi connectivity index (χ4n) is 5.36. The van der Waals surface area contributed by atoms with E-state index in [2.05, 4.69) is 15.5 Å². The van der Waals surface area contributed by atoms with Crippen molar-refractivity contribution >= 4 is 16.9 Å². The minimum Gasteiger partial charge on any atom is -0.381 e. The van der Waals surface area contributed by atoms with Gasteiger partial charge in [0.1, 0.15) is 5.82 Å². The van der Waals surface area contributed by atoms with Gasteiger partial charge >= 0.3 is 0 Å². The molecular formula is C26H32N4O3. The highest BCUT2D eigenvalue weighted by molar-refractivity contribution is 5.81. The van der Waals surface area contributed by atoms with Gasteiger partial charge in [0.25, 0.3) is 5.56 Å². The molecule has 0 N–H and O–H groups in total. The Labute approximate surface area is 194 Å². The SMILES string of the molecule is Cc1cc(-c2nc3ccccc3n2C[C@@H]2CCCN(C(=O)C3CCOCC3)C2)cn(C)c1=O. The summed E-state index contributed by atoms with van der Waals surface area (Å²) in [4.78, 5) is 32.4. The van der Waals surface area contributed by atoms with Crippen LogP contribution in [0.3, 0.4) is 0 Å². The summed E-state index contributed by atoms with van der Waals surface area (Å²) in [5, 5.41) is 0. The lowest BCUT2D eigenvalue weighted by Crippen LogP contribution is -2.45. The number of aryl methyl sites for hydroxylation is 2. The molecule has 174 valence electrons. The number of aromatic nitrogens is 3. The molecule has 1 aromatic carbocycles. The van der Waals surface area contributed by atoms with Crippen LogP contribution in [0.2, 0.25) is 0 Å². The molecular weight excluding hydrogens is 416 g/mol. The number of amides is 1. The maximum atomic E-state index is 13.1. The van der Waals surface area contributed by atoms with Crippen molar-refractivity contribution in [3.8, 4) is 11.4 Å². The summed E-state index contributed by atoms with van der Waals surface area (Å²) in [5.74, 6) is 1.65. The number of ether oxygens (including phenoxy) is 1. The molecule has 3 aromatic rings. The van der Waals surface area contributed by atoms with Crippen LogP contribution in [0, 0.1) is 18.8 Å². The Morgan fingerprint density at radius 3 is 2.76 bits per heavy atom. The Hall–Kier alpha value is -2.93. The van der Waals surface area contributed by atoms with Gasteiger partial charge in [-0.2, -0.15) is 0 Å².